The molecule has 0 aromatic carbocycles. The van der Waals surface area contributed by atoms with E-state index < -0.39 is 5.97 Å². The molecule has 0 bridgehead atoms. The lowest BCUT2D eigenvalue weighted by Crippen LogP contribution is -2.18. The van der Waals surface area contributed by atoms with Crippen LogP contribution in [-0.4, -0.2) is 20.5 Å². The first kappa shape index (κ1) is 10.4. The largest absolute Gasteiger partial charge is 0.481 e. The lowest BCUT2D eigenvalue weighted by Gasteiger charge is -2.04. The number of hydrogen-bond acceptors (Lipinski definition) is 3. The number of carbonyl (C=O) groups is 1. The molecule has 1 N–H and O–H groups in total. The van der Waals surface area contributed by atoms with Crippen LogP contribution in [0.2, 0.25) is 0 Å². The van der Waals surface area contributed by atoms with Crippen LogP contribution in [0.3, 0.4) is 0 Å². The zero-order valence-electron chi connectivity index (χ0n) is 8.67. The maximum absolute atomic E-state index is 11.7. The second-order valence-electron chi connectivity index (χ2n) is 3.52. The summed E-state index contributed by atoms with van der Waals surface area (Å²) in [6.45, 7) is 1.80. The molecule has 0 saturated heterocycles. The number of aromatic nitrogens is 2. The fraction of sp³-hybridized carbons (Fsp3) is 0.182. The number of fused-ring (bicyclic) bond motifs is 1. The summed E-state index contributed by atoms with van der Waals surface area (Å²) in [7, 11) is 0. The van der Waals surface area contributed by atoms with Crippen LogP contribution in [0.4, 0.5) is 0 Å². The standard InChI is InChI=1S/C11H10N2O3/c1-7-3-2-4-9-12-8(6-11(15)16)5-10(14)13(7)9/h2-5H,6H2,1H3,(H,15,16). The van der Waals surface area contributed by atoms with Crippen LogP contribution in [0.1, 0.15) is 11.4 Å². The van der Waals surface area contributed by atoms with E-state index in [0.29, 0.717) is 5.65 Å². The van der Waals surface area contributed by atoms with Gasteiger partial charge in [-0.15, -0.1) is 0 Å². The van der Waals surface area contributed by atoms with E-state index >= 15 is 0 Å². The fourth-order valence-electron chi connectivity index (χ4n) is 1.61. The van der Waals surface area contributed by atoms with Crippen LogP contribution >= 0.6 is 0 Å². The number of aryl methyl sites for hydroxylation is 1. The summed E-state index contributed by atoms with van der Waals surface area (Å²) in [5.74, 6) is -0.996. The van der Waals surface area contributed by atoms with Crippen molar-refractivity contribution < 1.29 is 9.90 Å². The summed E-state index contributed by atoms with van der Waals surface area (Å²) in [6.07, 6.45) is -0.236. The van der Waals surface area contributed by atoms with E-state index in [-0.39, 0.29) is 17.7 Å². The van der Waals surface area contributed by atoms with Gasteiger partial charge >= 0.3 is 5.97 Å². The Balaban J connectivity index is 2.69. The Kier molecular flexibility index (Phi) is 2.44. The monoisotopic (exact) mass is 218 g/mol. The number of nitrogens with zero attached hydrogens (tertiary/aromatic N) is 2. The van der Waals surface area contributed by atoms with Crippen molar-refractivity contribution in [2.24, 2.45) is 0 Å². The molecule has 0 aliphatic heterocycles. The molecule has 0 fully saturated rings. The molecule has 0 aliphatic rings. The SMILES string of the molecule is Cc1cccc2nc(CC(=O)O)cc(=O)n12. The summed E-state index contributed by atoms with van der Waals surface area (Å²) in [5, 5.41) is 8.64. The summed E-state index contributed by atoms with van der Waals surface area (Å²) in [5.41, 5.74) is 1.28. The number of carboxylic acids is 1. The van der Waals surface area contributed by atoms with Gasteiger partial charge in [0.05, 0.1) is 12.1 Å². The van der Waals surface area contributed by atoms with Crippen LogP contribution in [0.5, 0.6) is 0 Å². The van der Waals surface area contributed by atoms with Gasteiger partial charge in [0.2, 0.25) is 0 Å². The molecule has 82 valence electrons. The molecule has 5 nitrogen and oxygen atoms in total. The first-order chi connectivity index (χ1) is 7.58. The Morgan fingerprint density at radius 3 is 2.94 bits per heavy atom. The summed E-state index contributed by atoms with van der Waals surface area (Å²) in [4.78, 5) is 26.4. The minimum Gasteiger partial charge on any atom is -0.481 e. The maximum Gasteiger partial charge on any atom is 0.309 e. The molecular formula is C11H10N2O3. The smallest absolute Gasteiger partial charge is 0.309 e. The first-order valence-corrected chi connectivity index (χ1v) is 4.78. The predicted octanol–water partition coefficient (Wildman–Crippen LogP) is 0.630. The van der Waals surface area contributed by atoms with Crippen molar-refractivity contribution in [2.45, 2.75) is 13.3 Å². The average Bonchev–Trinajstić information content (AvgIpc) is 2.15. The molecular weight excluding hydrogens is 208 g/mol. The van der Waals surface area contributed by atoms with Crippen LogP contribution in [0.25, 0.3) is 5.65 Å². The van der Waals surface area contributed by atoms with Crippen molar-refractivity contribution in [3.8, 4) is 0 Å². The van der Waals surface area contributed by atoms with Gasteiger partial charge in [0, 0.05) is 11.8 Å². The highest BCUT2D eigenvalue weighted by Crippen LogP contribution is 2.03. The number of pyridine rings is 1. The van der Waals surface area contributed by atoms with Gasteiger partial charge in [0.1, 0.15) is 5.65 Å². The molecule has 5 heteroatoms. The van der Waals surface area contributed by atoms with E-state index in [2.05, 4.69) is 4.98 Å². The van der Waals surface area contributed by atoms with Crippen molar-refractivity contribution in [3.63, 3.8) is 0 Å². The molecule has 0 amide bonds. The third-order valence-electron chi connectivity index (χ3n) is 2.27. The number of rotatable bonds is 2. The topological polar surface area (TPSA) is 71.7 Å². The molecule has 2 aromatic heterocycles. The molecule has 0 radical (unpaired) electrons. The summed E-state index contributed by atoms with van der Waals surface area (Å²) < 4.78 is 1.45. The van der Waals surface area contributed by atoms with Gasteiger partial charge in [0.15, 0.2) is 0 Å². The van der Waals surface area contributed by atoms with E-state index in [9.17, 15) is 9.59 Å². The lowest BCUT2D eigenvalue weighted by atomic mass is 10.3. The van der Waals surface area contributed by atoms with Gasteiger partial charge in [-0.25, -0.2) is 4.98 Å². The van der Waals surface area contributed by atoms with Gasteiger partial charge in [-0.3, -0.25) is 14.0 Å². The minimum atomic E-state index is -0.996. The van der Waals surface area contributed by atoms with E-state index in [0.717, 1.165) is 5.69 Å². The van der Waals surface area contributed by atoms with Crippen LogP contribution in [0.15, 0.2) is 29.1 Å². The Hall–Kier alpha value is -2.17. The second kappa shape index (κ2) is 3.77. The highest BCUT2D eigenvalue weighted by Gasteiger charge is 2.06. The molecule has 0 unspecified atom stereocenters. The Labute approximate surface area is 91.0 Å². The van der Waals surface area contributed by atoms with E-state index in [1.165, 1.54) is 10.5 Å². The highest BCUT2D eigenvalue weighted by molar-refractivity contribution is 5.69. The maximum atomic E-state index is 11.7. The van der Waals surface area contributed by atoms with Gasteiger partial charge in [-0.1, -0.05) is 6.07 Å². The lowest BCUT2D eigenvalue weighted by molar-refractivity contribution is -0.136. The van der Waals surface area contributed by atoms with Crippen LogP contribution in [-0.2, 0) is 11.2 Å². The van der Waals surface area contributed by atoms with Crippen molar-refractivity contribution in [1.82, 2.24) is 9.38 Å². The van der Waals surface area contributed by atoms with Gasteiger partial charge < -0.3 is 5.11 Å². The molecule has 2 aromatic rings. The Bertz CT molecular complexity index is 616. The summed E-state index contributed by atoms with van der Waals surface area (Å²) >= 11 is 0. The predicted molar refractivity (Wildman–Crippen MR) is 57.5 cm³/mol. The quantitative estimate of drug-likeness (QED) is 0.802. The molecule has 0 spiro atoms. The van der Waals surface area contributed by atoms with Gasteiger partial charge in [-0.05, 0) is 19.1 Å². The average molecular weight is 218 g/mol. The molecule has 2 heterocycles. The molecule has 16 heavy (non-hydrogen) atoms. The molecule has 0 saturated carbocycles. The third-order valence-corrected chi connectivity index (χ3v) is 2.27. The number of aliphatic carboxylic acids is 1. The van der Waals surface area contributed by atoms with Crippen molar-refractivity contribution in [2.75, 3.05) is 0 Å². The molecule has 0 atom stereocenters. The van der Waals surface area contributed by atoms with E-state index in [1.807, 2.05) is 0 Å². The zero-order chi connectivity index (χ0) is 11.7. The van der Waals surface area contributed by atoms with Crippen molar-refractivity contribution in [1.29, 1.82) is 0 Å². The Morgan fingerprint density at radius 1 is 1.50 bits per heavy atom. The van der Waals surface area contributed by atoms with Gasteiger partial charge in [0.25, 0.3) is 5.56 Å². The van der Waals surface area contributed by atoms with Crippen molar-refractivity contribution in [3.05, 3.63) is 46.0 Å². The fourth-order valence-corrected chi connectivity index (χ4v) is 1.61. The normalized spacial score (nSPS) is 10.6. The van der Waals surface area contributed by atoms with Crippen molar-refractivity contribution >= 4 is 11.6 Å². The molecule has 0 aliphatic carbocycles. The first-order valence-electron chi connectivity index (χ1n) is 4.78. The van der Waals surface area contributed by atoms with Crippen LogP contribution in [0, 0.1) is 6.92 Å². The number of carboxylic acid groups (broad SMARTS) is 1. The Morgan fingerprint density at radius 2 is 2.25 bits per heavy atom. The number of hydrogen-bond donors (Lipinski definition) is 1. The van der Waals surface area contributed by atoms with Crippen LogP contribution < -0.4 is 5.56 Å². The molecule has 2 rings (SSSR count). The third kappa shape index (κ3) is 1.79. The van der Waals surface area contributed by atoms with E-state index in [4.69, 9.17) is 5.11 Å². The highest BCUT2D eigenvalue weighted by atomic mass is 16.4. The summed E-state index contributed by atoms with van der Waals surface area (Å²) in [6, 6.07) is 6.52. The zero-order valence-corrected chi connectivity index (χ0v) is 8.67. The second-order valence-corrected chi connectivity index (χ2v) is 3.52. The van der Waals surface area contributed by atoms with Gasteiger partial charge in [-0.2, -0.15) is 0 Å². The minimum absolute atomic E-state index is 0.236. The van der Waals surface area contributed by atoms with E-state index in [1.54, 1.807) is 25.1 Å².